The summed E-state index contributed by atoms with van der Waals surface area (Å²) >= 11 is 1.59. The minimum atomic E-state index is -0.168. The first-order chi connectivity index (χ1) is 9.08. The van der Waals surface area contributed by atoms with Gasteiger partial charge in [0.1, 0.15) is 0 Å². The fourth-order valence-electron chi connectivity index (χ4n) is 2.02. The number of likely N-dealkylation sites (tertiary alicyclic amines) is 1. The fourth-order valence-corrected chi connectivity index (χ4v) is 2.68. The zero-order valence-electron chi connectivity index (χ0n) is 10.8. The van der Waals surface area contributed by atoms with E-state index in [-0.39, 0.29) is 43.5 Å². The van der Waals surface area contributed by atoms with Crippen LogP contribution in [0.2, 0.25) is 0 Å². The van der Waals surface area contributed by atoms with E-state index in [1.54, 1.807) is 23.3 Å². The molecule has 1 aliphatic rings. The zero-order valence-corrected chi connectivity index (χ0v) is 11.6. The van der Waals surface area contributed by atoms with E-state index in [9.17, 15) is 14.4 Å². The average Bonchev–Trinajstić information content (AvgIpc) is 2.98. The number of nitrogens with zero attached hydrogens (tertiary/aromatic N) is 2. The normalized spacial score (nSPS) is 15.1. The van der Waals surface area contributed by atoms with Crippen molar-refractivity contribution in [3.63, 3.8) is 0 Å². The molecule has 5 nitrogen and oxygen atoms in total. The number of hydrogen-bond donors (Lipinski definition) is 0. The highest BCUT2D eigenvalue weighted by Crippen LogP contribution is 2.13. The van der Waals surface area contributed by atoms with Crippen molar-refractivity contribution in [3.8, 4) is 0 Å². The summed E-state index contributed by atoms with van der Waals surface area (Å²) in [6.07, 6.45) is 0.744. The molecule has 0 aromatic carbocycles. The molecule has 0 bridgehead atoms. The quantitative estimate of drug-likeness (QED) is 0.763. The van der Waals surface area contributed by atoms with E-state index in [1.807, 2.05) is 16.8 Å². The molecule has 1 saturated heterocycles. The van der Waals surface area contributed by atoms with E-state index >= 15 is 0 Å². The number of amides is 3. The standard InChI is InChI=1S/C13H16N2O3S/c1-14(8-10-5-7-19-9-10)11(16)4-6-15-12(17)2-3-13(15)18/h5,7,9H,2-4,6,8H2,1H3. The van der Waals surface area contributed by atoms with Crippen molar-refractivity contribution < 1.29 is 14.4 Å². The molecular formula is C13H16N2O3S. The molecule has 0 atom stereocenters. The van der Waals surface area contributed by atoms with Crippen LogP contribution in [0.1, 0.15) is 24.8 Å². The molecule has 1 aromatic rings. The van der Waals surface area contributed by atoms with E-state index in [4.69, 9.17) is 0 Å². The third kappa shape index (κ3) is 3.41. The lowest BCUT2D eigenvalue weighted by Crippen LogP contribution is -2.34. The Morgan fingerprint density at radius 1 is 1.37 bits per heavy atom. The molecule has 1 aliphatic heterocycles. The van der Waals surface area contributed by atoms with Crippen molar-refractivity contribution >= 4 is 29.1 Å². The number of carbonyl (C=O) groups is 3. The lowest BCUT2D eigenvalue weighted by molar-refractivity contribution is -0.139. The monoisotopic (exact) mass is 280 g/mol. The molecule has 3 amide bonds. The van der Waals surface area contributed by atoms with Crippen LogP contribution in [-0.2, 0) is 20.9 Å². The highest BCUT2D eigenvalue weighted by molar-refractivity contribution is 7.07. The molecule has 0 unspecified atom stereocenters. The van der Waals surface area contributed by atoms with Crippen molar-refractivity contribution in [1.29, 1.82) is 0 Å². The highest BCUT2D eigenvalue weighted by Gasteiger charge is 2.29. The maximum atomic E-state index is 11.9. The summed E-state index contributed by atoms with van der Waals surface area (Å²) in [5.74, 6) is -0.393. The molecule has 1 fully saturated rings. The van der Waals surface area contributed by atoms with Crippen molar-refractivity contribution in [2.45, 2.75) is 25.8 Å². The summed E-state index contributed by atoms with van der Waals surface area (Å²) in [4.78, 5) is 37.5. The Morgan fingerprint density at radius 2 is 2.05 bits per heavy atom. The van der Waals surface area contributed by atoms with Crippen LogP contribution >= 0.6 is 11.3 Å². The zero-order chi connectivity index (χ0) is 13.8. The Morgan fingerprint density at radius 3 is 2.63 bits per heavy atom. The van der Waals surface area contributed by atoms with Crippen molar-refractivity contribution in [2.24, 2.45) is 0 Å². The number of imide groups is 1. The van der Waals surface area contributed by atoms with Crippen LogP contribution in [0.25, 0.3) is 0 Å². The van der Waals surface area contributed by atoms with E-state index in [0.717, 1.165) is 5.56 Å². The molecule has 19 heavy (non-hydrogen) atoms. The van der Waals surface area contributed by atoms with E-state index in [1.165, 1.54) is 4.90 Å². The Hall–Kier alpha value is -1.69. The average molecular weight is 280 g/mol. The first-order valence-electron chi connectivity index (χ1n) is 6.16. The number of thiophene rings is 1. The van der Waals surface area contributed by atoms with Gasteiger partial charge in [-0.1, -0.05) is 0 Å². The molecule has 0 aliphatic carbocycles. The van der Waals surface area contributed by atoms with Crippen LogP contribution in [0.15, 0.2) is 16.8 Å². The first kappa shape index (κ1) is 13.7. The minimum Gasteiger partial charge on any atom is -0.341 e. The second-order valence-electron chi connectivity index (χ2n) is 4.57. The lowest BCUT2D eigenvalue weighted by atomic mass is 10.3. The molecule has 0 saturated carbocycles. The maximum absolute atomic E-state index is 11.9. The van der Waals surface area contributed by atoms with Gasteiger partial charge in [0.05, 0.1) is 0 Å². The Balaban J connectivity index is 1.80. The topological polar surface area (TPSA) is 57.7 Å². The van der Waals surface area contributed by atoms with Gasteiger partial charge in [-0.15, -0.1) is 0 Å². The molecule has 102 valence electrons. The summed E-state index contributed by atoms with van der Waals surface area (Å²) in [5.41, 5.74) is 1.09. The van der Waals surface area contributed by atoms with Crippen LogP contribution in [0.5, 0.6) is 0 Å². The lowest BCUT2D eigenvalue weighted by Gasteiger charge is -2.19. The van der Waals surface area contributed by atoms with Gasteiger partial charge in [-0.25, -0.2) is 0 Å². The molecule has 0 N–H and O–H groups in total. The van der Waals surface area contributed by atoms with Gasteiger partial charge in [0, 0.05) is 39.4 Å². The summed E-state index contributed by atoms with van der Waals surface area (Å²) in [5, 5.41) is 3.96. The van der Waals surface area contributed by atoms with Crippen LogP contribution in [0.4, 0.5) is 0 Å². The smallest absolute Gasteiger partial charge is 0.229 e. The number of carbonyl (C=O) groups excluding carboxylic acids is 3. The van der Waals surface area contributed by atoms with Gasteiger partial charge in [-0.2, -0.15) is 11.3 Å². The van der Waals surface area contributed by atoms with Gasteiger partial charge >= 0.3 is 0 Å². The number of hydrogen-bond acceptors (Lipinski definition) is 4. The van der Waals surface area contributed by atoms with Crippen LogP contribution in [-0.4, -0.2) is 41.1 Å². The molecular weight excluding hydrogens is 264 g/mol. The van der Waals surface area contributed by atoms with Crippen LogP contribution < -0.4 is 0 Å². The van der Waals surface area contributed by atoms with E-state index in [2.05, 4.69) is 0 Å². The Kier molecular flexibility index (Phi) is 4.31. The summed E-state index contributed by atoms with van der Waals surface area (Å²) in [7, 11) is 1.73. The summed E-state index contributed by atoms with van der Waals surface area (Å²) < 4.78 is 0. The van der Waals surface area contributed by atoms with Crippen molar-refractivity contribution in [3.05, 3.63) is 22.4 Å². The maximum Gasteiger partial charge on any atom is 0.229 e. The second-order valence-corrected chi connectivity index (χ2v) is 5.35. The van der Waals surface area contributed by atoms with Crippen molar-refractivity contribution in [1.82, 2.24) is 9.80 Å². The largest absolute Gasteiger partial charge is 0.341 e. The molecule has 0 spiro atoms. The Bertz CT molecular complexity index is 468. The fraction of sp³-hybridized carbons (Fsp3) is 0.462. The molecule has 1 aromatic heterocycles. The third-order valence-electron chi connectivity index (χ3n) is 3.13. The van der Waals surface area contributed by atoms with Gasteiger partial charge in [-0.3, -0.25) is 19.3 Å². The van der Waals surface area contributed by atoms with Crippen molar-refractivity contribution in [2.75, 3.05) is 13.6 Å². The second kappa shape index (κ2) is 5.97. The molecule has 6 heteroatoms. The van der Waals surface area contributed by atoms with Gasteiger partial charge < -0.3 is 4.90 Å². The summed E-state index contributed by atoms with van der Waals surface area (Å²) in [6.45, 7) is 0.759. The van der Waals surface area contributed by atoms with E-state index < -0.39 is 0 Å². The number of rotatable bonds is 5. The van der Waals surface area contributed by atoms with Gasteiger partial charge in [0.2, 0.25) is 17.7 Å². The van der Waals surface area contributed by atoms with E-state index in [0.29, 0.717) is 6.54 Å². The summed E-state index contributed by atoms with van der Waals surface area (Å²) in [6, 6.07) is 1.97. The SMILES string of the molecule is CN(Cc1ccsc1)C(=O)CCN1C(=O)CCC1=O. The first-order valence-corrected chi connectivity index (χ1v) is 7.10. The van der Waals surface area contributed by atoms with Gasteiger partial charge in [0.25, 0.3) is 0 Å². The third-order valence-corrected chi connectivity index (χ3v) is 3.86. The molecule has 2 rings (SSSR count). The predicted molar refractivity (Wildman–Crippen MR) is 71.4 cm³/mol. The van der Waals surface area contributed by atoms with Gasteiger partial charge in [0.15, 0.2) is 0 Å². The predicted octanol–water partition coefficient (Wildman–Crippen LogP) is 1.25. The highest BCUT2D eigenvalue weighted by atomic mass is 32.1. The van der Waals surface area contributed by atoms with Crippen LogP contribution in [0.3, 0.4) is 0 Å². The Labute approximate surface area is 115 Å². The van der Waals surface area contributed by atoms with Gasteiger partial charge in [-0.05, 0) is 22.4 Å². The van der Waals surface area contributed by atoms with Crippen LogP contribution in [0, 0.1) is 0 Å². The molecule has 0 radical (unpaired) electrons. The molecule has 2 heterocycles. The minimum absolute atomic E-state index is 0.0568.